The first kappa shape index (κ1) is 26.7. The quantitative estimate of drug-likeness (QED) is 0.113. The molecule has 1 fully saturated rings. The van der Waals surface area contributed by atoms with Gasteiger partial charge in [-0.05, 0) is 42.4 Å². The Bertz CT molecular complexity index is 1700. The van der Waals surface area contributed by atoms with Gasteiger partial charge in [-0.25, -0.2) is 4.79 Å². The van der Waals surface area contributed by atoms with Crippen LogP contribution in [-0.2, 0) is 32.2 Å². The van der Waals surface area contributed by atoms with E-state index >= 15 is 0 Å². The van der Waals surface area contributed by atoms with Gasteiger partial charge in [0.1, 0.15) is 25.4 Å². The molecule has 0 saturated carbocycles. The van der Waals surface area contributed by atoms with Crippen LogP contribution in [0.4, 0.5) is 0 Å². The molecule has 2 aliphatic rings. The van der Waals surface area contributed by atoms with Gasteiger partial charge in [0.2, 0.25) is 5.91 Å². The number of aromatic nitrogens is 4. The van der Waals surface area contributed by atoms with Crippen LogP contribution in [0.15, 0.2) is 33.0 Å². The zero-order chi connectivity index (χ0) is 27.8. The lowest BCUT2D eigenvalue weighted by molar-refractivity contribution is -0.153. The summed E-state index contributed by atoms with van der Waals surface area (Å²) >= 11 is 11.7. The second kappa shape index (κ2) is 10.7. The summed E-state index contributed by atoms with van der Waals surface area (Å²) in [6.07, 6.45) is -0.724. The predicted octanol–water partition coefficient (Wildman–Crippen LogP) is 2.45. The number of halogens is 1. The molecule has 0 spiro atoms. The molecule has 14 nitrogen and oxygen atoms in total. The molecule has 1 aromatic carbocycles. The number of nitrogens with zero attached hydrogens (tertiary/aromatic N) is 6. The number of amides is 1. The predicted molar refractivity (Wildman–Crippen MR) is 141 cm³/mol. The molecule has 4 heterocycles. The van der Waals surface area contributed by atoms with Gasteiger partial charge in [0.15, 0.2) is 4.77 Å². The Morgan fingerprint density at radius 1 is 1.31 bits per heavy atom. The van der Waals surface area contributed by atoms with E-state index in [1.54, 1.807) is 17.0 Å². The van der Waals surface area contributed by atoms with E-state index in [0.29, 0.717) is 28.4 Å². The molecule has 0 radical (unpaired) electrons. The molecule has 3 atom stereocenters. The van der Waals surface area contributed by atoms with Crippen molar-refractivity contribution < 1.29 is 19.1 Å². The van der Waals surface area contributed by atoms with Gasteiger partial charge in [0.25, 0.3) is 5.56 Å². The molecule has 1 saturated heterocycles. The highest BCUT2D eigenvalue weighted by Crippen LogP contribution is 2.31. The fraction of sp³-hybridized carbons (Fsp3) is 0.435. The lowest BCUT2D eigenvalue weighted by atomic mass is 10.1. The zero-order valence-corrected chi connectivity index (χ0v) is 22.2. The number of hydrogen-bond acceptors (Lipinski definition) is 8. The summed E-state index contributed by atoms with van der Waals surface area (Å²) in [5, 5.41) is 4.20. The van der Waals surface area contributed by atoms with Crippen LogP contribution in [0.5, 0.6) is 0 Å². The molecule has 0 aliphatic carbocycles. The number of H-pyrrole nitrogens is 2. The van der Waals surface area contributed by atoms with Crippen LogP contribution in [0.3, 0.4) is 0 Å². The van der Waals surface area contributed by atoms with Crippen LogP contribution in [-0.4, -0.2) is 61.2 Å². The smallest absolute Gasteiger partial charge is 0.330 e. The van der Waals surface area contributed by atoms with Crippen molar-refractivity contribution in [3.8, 4) is 0 Å². The van der Waals surface area contributed by atoms with Gasteiger partial charge in [-0.2, -0.15) is 0 Å². The topological polar surface area (TPSA) is 180 Å². The van der Waals surface area contributed by atoms with Gasteiger partial charge >= 0.3 is 11.7 Å². The highest BCUT2D eigenvalue weighted by molar-refractivity contribution is 7.71. The van der Waals surface area contributed by atoms with E-state index in [0.717, 1.165) is 16.6 Å². The lowest BCUT2D eigenvalue weighted by Crippen LogP contribution is -2.35. The van der Waals surface area contributed by atoms with Crippen LogP contribution < -0.4 is 11.2 Å². The van der Waals surface area contributed by atoms with Gasteiger partial charge in [0, 0.05) is 47.7 Å². The third kappa shape index (κ3) is 5.34. The number of imidazole rings is 1. The second-order valence-electron chi connectivity index (χ2n) is 9.33. The van der Waals surface area contributed by atoms with Crippen molar-refractivity contribution in [1.29, 1.82) is 0 Å². The minimum atomic E-state index is -0.852. The molecule has 3 aromatic rings. The molecule has 5 rings (SSSR count). The van der Waals surface area contributed by atoms with Gasteiger partial charge in [-0.1, -0.05) is 16.7 Å². The van der Waals surface area contributed by atoms with E-state index in [4.69, 9.17) is 38.8 Å². The number of hydrogen-bond donors (Lipinski definition) is 2. The standard InChI is InChI=1S/C23H23ClN8O6S/c1-11-8-32(22(36)27-21(11)35)18-6-14(28-29-25)16(38-18)10-37-19(34)7-17(33)30-2-3-31-20-12(9-30)4-13(24)5-15(20)26-23(31)39/h4-5,8,14,16,18H,2-3,6-7,9-10H2,1H3,(H,26,39)(H,27,35,36)/t14-,16+,18+/m0/s1. The SMILES string of the molecule is Cc1cn([C@H]2C[C@H](N=[N+]=[N-])[C@@H](COC(=O)CC(=O)N3CCn4c(=S)[nH]c5cc(Cl)cc(c54)C3)O2)c(=O)[nH]c1=O. The van der Waals surface area contributed by atoms with Crippen molar-refractivity contribution in [1.82, 2.24) is 24.0 Å². The Balaban J connectivity index is 1.22. The third-order valence-corrected chi connectivity index (χ3v) is 7.32. The first-order valence-electron chi connectivity index (χ1n) is 12.0. The van der Waals surface area contributed by atoms with Crippen molar-refractivity contribution in [2.24, 2.45) is 5.11 Å². The number of rotatable bonds is 6. The summed E-state index contributed by atoms with van der Waals surface area (Å²) in [5.74, 6) is -1.21. The summed E-state index contributed by atoms with van der Waals surface area (Å²) in [4.78, 5) is 59.2. The van der Waals surface area contributed by atoms with Gasteiger partial charge in [-0.15, -0.1) is 0 Å². The maximum Gasteiger partial charge on any atom is 0.330 e. The average molecular weight is 575 g/mol. The van der Waals surface area contributed by atoms with E-state index in [1.807, 2.05) is 4.57 Å². The first-order valence-corrected chi connectivity index (χ1v) is 12.8. The van der Waals surface area contributed by atoms with Crippen LogP contribution >= 0.6 is 23.8 Å². The highest BCUT2D eigenvalue weighted by Gasteiger charge is 2.37. The summed E-state index contributed by atoms with van der Waals surface area (Å²) in [5.41, 5.74) is 10.5. The molecule has 0 unspecified atom stereocenters. The Morgan fingerprint density at radius 2 is 2.10 bits per heavy atom. The molecule has 2 N–H and O–H groups in total. The molecule has 0 bridgehead atoms. The number of nitrogens with one attached hydrogen (secondary N) is 2. The van der Waals surface area contributed by atoms with Crippen molar-refractivity contribution in [3.05, 3.63) is 70.5 Å². The number of carbonyl (C=O) groups excluding carboxylic acids is 2. The maximum atomic E-state index is 13.0. The van der Waals surface area contributed by atoms with Crippen molar-refractivity contribution in [2.75, 3.05) is 13.2 Å². The molecule has 204 valence electrons. The lowest BCUT2D eigenvalue weighted by Gasteiger charge is -2.21. The number of esters is 1. The van der Waals surface area contributed by atoms with Crippen LogP contribution in [0.25, 0.3) is 21.5 Å². The van der Waals surface area contributed by atoms with Crippen molar-refractivity contribution >= 4 is 46.7 Å². The molecular formula is C23H23ClN8O6S. The van der Waals surface area contributed by atoms with Gasteiger partial charge < -0.3 is 23.9 Å². The number of azide groups is 1. The third-order valence-electron chi connectivity index (χ3n) is 6.78. The van der Waals surface area contributed by atoms with E-state index in [-0.39, 0.29) is 19.6 Å². The fourth-order valence-electron chi connectivity index (χ4n) is 4.89. The number of aryl methyl sites for hydroxylation is 1. The Labute approximate surface area is 229 Å². The molecule has 16 heteroatoms. The number of ether oxygens (including phenoxy) is 2. The van der Waals surface area contributed by atoms with Crippen LogP contribution in [0, 0.1) is 11.7 Å². The summed E-state index contributed by atoms with van der Waals surface area (Å²) in [7, 11) is 0. The minimum Gasteiger partial charge on any atom is -0.463 e. The molecule has 2 aromatic heterocycles. The van der Waals surface area contributed by atoms with E-state index in [9.17, 15) is 19.2 Å². The first-order chi connectivity index (χ1) is 18.6. The number of aromatic amines is 2. The largest absolute Gasteiger partial charge is 0.463 e. The number of carbonyl (C=O) groups is 2. The minimum absolute atomic E-state index is 0.127. The Kier molecular flexibility index (Phi) is 7.32. The molecule has 1 amide bonds. The highest BCUT2D eigenvalue weighted by atomic mass is 35.5. The van der Waals surface area contributed by atoms with Crippen molar-refractivity contribution in [2.45, 2.75) is 51.2 Å². The van der Waals surface area contributed by atoms with E-state index in [2.05, 4.69) is 20.0 Å². The Hall–Kier alpha value is -3.91. The number of benzene rings is 1. The van der Waals surface area contributed by atoms with Crippen LogP contribution in [0.2, 0.25) is 5.02 Å². The second-order valence-corrected chi connectivity index (χ2v) is 10.2. The average Bonchev–Trinajstić information content (AvgIpc) is 3.34. The van der Waals surface area contributed by atoms with E-state index < -0.39 is 47.9 Å². The van der Waals surface area contributed by atoms with E-state index in [1.165, 1.54) is 17.7 Å². The normalized spacial score (nSPS) is 20.5. The summed E-state index contributed by atoms with van der Waals surface area (Å²) in [6, 6.07) is 2.80. The molecule has 2 aliphatic heterocycles. The van der Waals surface area contributed by atoms with Gasteiger partial charge in [0.05, 0.1) is 17.1 Å². The molecule has 39 heavy (non-hydrogen) atoms. The molecular weight excluding hydrogens is 552 g/mol. The zero-order valence-electron chi connectivity index (χ0n) is 20.6. The Morgan fingerprint density at radius 3 is 2.87 bits per heavy atom. The monoisotopic (exact) mass is 574 g/mol. The van der Waals surface area contributed by atoms with Crippen molar-refractivity contribution in [3.63, 3.8) is 0 Å². The van der Waals surface area contributed by atoms with Crippen LogP contribution in [0.1, 0.15) is 30.2 Å². The summed E-state index contributed by atoms with van der Waals surface area (Å²) in [6.45, 7) is 2.27. The fourth-order valence-corrected chi connectivity index (χ4v) is 5.42. The summed E-state index contributed by atoms with van der Waals surface area (Å²) < 4.78 is 14.8. The van der Waals surface area contributed by atoms with Gasteiger partial charge in [-0.3, -0.25) is 23.9 Å². The maximum absolute atomic E-state index is 13.0.